The number of aliphatic carboxylic acids is 1. The standard InChI is InChI=1S/C26H34N2O6S/c1-4-12-27(17-8-10-18(34-3)11-9-17)24(31)22-26-16(2)15-19(35-26)20(25(32)33)21(26)23(30)28(22)13-6-5-7-14-29/h4,8-11,16,19-22,29H,1,5-7,12-15H2,2-3H3,(H,32,33)/t16?,19-,20+,21+,22?,26?/m1/s1. The van der Waals surface area contributed by atoms with Gasteiger partial charge < -0.3 is 24.7 Å². The highest BCUT2D eigenvalue weighted by Crippen LogP contribution is 2.68. The molecule has 2 N–H and O–H groups in total. The molecule has 3 heterocycles. The van der Waals surface area contributed by atoms with E-state index in [4.69, 9.17) is 9.84 Å². The number of anilines is 1. The Labute approximate surface area is 210 Å². The monoisotopic (exact) mass is 502 g/mol. The van der Waals surface area contributed by atoms with Crippen molar-refractivity contribution in [2.45, 2.75) is 48.6 Å². The van der Waals surface area contributed by atoms with Gasteiger partial charge in [-0.1, -0.05) is 13.0 Å². The molecule has 1 aromatic carbocycles. The van der Waals surface area contributed by atoms with Gasteiger partial charge in [-0.05, 0) is 55.9 Å². The summed E-state index contributed by atoms with van der Waals surface area (Å²) in [5.41, 5.74) is 0.670. The lowest BCUT2D eigenvalue weighted by Crippen LogP contribution is -2.57. The van der Waals surface area contributed by atoms with Crippen LogP contribution in [-0.4, -0.2) is 75.7 Å². The van der Waals surface area contributed by atoms with Crippen LogP contribution >= 0.6 is 11.8 Å². The van der Waals surface area contributed by atoms with E-state index in [1.54, 1.807) is 59.0 Å². The van der Waals surface area contributed by atoms with E-state index < -0.39 is 28.6 Å². The van der Waals surface area contributed by atoms with Gasteiger partial charge >= 0.3 is 5.97 Å². The molecule has 3 aliphatic heterocycles. The molecule has 8 nitrogen and oxygen atoms in total. The predicted molar refractivity (Wildman–Crippen MR) is 134 cm³/mol. The number of amides is 2. The van der Waals surface area contributed by atoms with Crippen LogP contribution in [0.4, 0.5) is 5.69 Å². The molecule has 0 saturated carbocycles. The van der Waals surface area contributed by atoms with Crippen LogP contribution < -0.4 is 9.64 Å². The molecule has 3 saturated heterocycles. The second-order valence-corrected chi connectivity index (χ2v) is 11.2. The highest BCUT2D eigenvalue weighted by Gasteiger charge is 2.76. The molecule has 6 atom stereocenters. The zero-order valence-electron chi connectivity index (χ0n) is 20.3. The van der Waals surface area contributed by atoms with E-state index in [1.165, 1.54) is 0 Å². The molecule has 35 heavy (non-hydrogen) atoms. The highest BCUT2D eigenvalue weighted by atomic mass is 32.2. The summed E-state index contributed by atoms with van der Waals surface area (Å²) < 4.78 is 4.48. The van der Waals surface area contributed by atoms with E-state index in [0.717, 1.165) is 6.42 Å². The maximum Gasteiger partial charge on any atom is 0.308 e. The molecule has 1 spiro atoms. The molecule has 9 heteroatoms. The Kier molecular flexibility index (Phi) is 7.47. The maximum atomic E-state index is 14.3. The number of nitrogens with zero attached hydrogens (tertiary/aromatic N) is 2. The van der Waals surface area contributed by atoms with Gasteiger partial charge in [0.2, 0.25) is 5.91 Å². The number of carbonyl (C=O) groups excluding carboxylic acids is 2. The molecule has 0 aliphatic carbocycles. The number of hydrogen-bond acceptors (Lipinski definition) is 6. The number of carbonyl (C=O) groups is 3. The van der Waals surface area contributed by atoms with Gasteiger partial charge in [0.1, 0.15) is 11.8 Å². The number of methoxy groups -OCH3 is 1. The van der Waals surface area contributed by atoms with Crippen LogP contribution in [0.3, 0.4) is 0 Å². The molecule has 0 radical (unpaired) electrons. The topological polar surface area (TPSA) is 107 Å². The second-order valence-electron chi connectivity index (χ2n) is 9.64. The minimum Gasteiger partial charge on any atom is -0.497 e. The maximum absolute atomic E-state index is 14.3. The SMILES string of the molecule is C=CCN(C(=O)C1N(CCCCCO)C(=O)[C@@H]2[C@@H](C(=O)O)[C@H]3CC(C)C12S3)c1ccc(OC)cc1. The molecule has 0 aromatic heterocycles. The first-order valence-corrected chi connectivity index (χ1v) is 13.1. The van der Waals surface area contributed by atoms with Gasteiger partial charge in [-0.2, -0.15) is 0 Å². The fraction of sp³-hybridized carbons (Fsp3) is 0.577. The van der Waals surface area contributed by atoms with Crippen molar-refractivity contribution >= 4 is 35.2 Å². The number of rotatable bonds is 11. The third-order valence-electron chi connectivity index (χ3n) is 7.78. The lowest BCUT2D eigenvalue weighted by Gasteiger charge is -2.40. The number of unbranched alkanes of at least 4 members (excludes halogenated alkanes) is 2. The van der Waals surface area contributed by atoms with Gasteiger partial charge in [0.25, 0.3) is 5.91 Å². The van der Waals surface area contributed by atoms with Crippen molar-refractivity contribution in [3.05, 3.63) is 36.9 Å². The molecule has 2 amide bonds. The molecular weight excluding hydrogens is 468 g/mol. The number of carboxylic acid groups (broad SMARTS) is 1. The Bertz CT molecular complexity index is 985. The molecule has 4 rings (SSSR count). The number of likely N-dealkylation sites (tertiary alicyclic amines) is 1. The first kappa shape index (κ1) is 25.6. The molecule has 3 fully saturated rings. The van der Waals surface area contributed by atoms with Gasteiger partial charge in [-0.15, -0.1) is 18.3 Å². The summed E-state index contributed by atoms with van der Waals surface area (Å²) in [5.74, 6) is -2.19. The van der Waals surface area contributed by atoms with Crippen LogP contribution in [0.25, 0.3) is 0 Å². The predicted octanol–water partition coefficient (Wildman–Crippen LogP) is 2.80. The Balaban J connectivity index is 1.75. The summed E-state index contributed by atoms with van der Waals surface area (Å²) >= 11 is 1.54. The molecule has 2 bridgehead atoms. The number of benzene rings is 1. The van der Waals surface area contributed by atoms with Gasteiger partial charge in [-0.3, -0.25) is 14.4 Å². The molecule has 3 unspecified atom stereocenters. The van der Waals surface area contributed by atoms with Gasteiger partial charge in [0.15, 0.2) is 0 Å². The summed E-state index contributed by atoms with van der Waals surface area (Å²) in [6.45, 7) is 6.58. The fourth-order valence-corrected chi connectivity index (χ4v) is 8.66. The summed E-state index contributed by atoms with van der Waals surface area (Å²) in [4.78, 5) is 43.7. The van der Waals surface area contributed by atoms with Crippen molar-refractivity contribution < 1.29 is 29.3 Å². The zero-order valence-corrected chi connectivity index (χ0v) is 21.1. The van der Waals surface area contributed by atoms with Crippen LogP contribution in [0.5, 0.6) is 5.75 Å². The van der Waals surface area contributed by atoms with Crippen molar-refractivity contribution in [1.29, 1.82) is 0 Å². The third-order valence-corrected chi connectivity index (χ3v) is 9.86. The Morgan fingerprint density at radius 1 is 1.29 bits per heavy atom. The number of aliphatic hydroxyl groups excluding tert-OH is 1. The number of fused-ring (bicyclic) bond motifs is 1. The number of thioether (sulfide) groups is 1. The molecular formula is C26H34N2O6S. The van der Waals surface area contributed by atoms with Crippen molar-refractivity contribution in [2.75, 3.05) is 31.7 Å². The van der Waals surface area contributed by atoms with Crippen molar-refractivity contribution in [3.63, 3.8) is 0 Å². The normalized spacial score (nSPS) is 30.9. The zero-order chi connectivity index (χ0) is 25.3. The molecule has 3 aliphatic rings. The van der Waals surface area contributed by atoms with Gasteiger partial charge in [0.05, 0.1) is 23.7 Å². The smallest absolute Gasteiger partial charge is 0.308 e. The van der Waals surface area contributed by atoms with Gasteiger partial charge in [0, 0.05) is 30.6 Å². The number of aliphatic hydroxyl groups is 1. The van der Waals surface area contributed by atoms with E-state index in [9.17, 15) is 19.5 Å². The van der Waals surface area contributed by atoms with E-state index in [0.29, 0.717) is 37.2 Å². The average molecular weight is 503 g/mol. The van der Waals surface area contributed by atoms with Crippen LogP contribution in [0, 0.1) is 17.8 Å². The van der Waals surface area contributed by atoms with Crippen molar-refractivity contribution in [1.82, 2.24) is 4.90 Å². The number of ether oxygens (including phenoxy) is 1. The lowest BCUT2D eigenvalue weighted by molar-refractivity contribution is -0.149. The summed E-state index contributed by atoms with van der Waals surface area (Å²) in [7, 11) is 1.58. The van der Waals surface area contributed by atoms with E-state index in [2.05, 4.69) is 6.58 Å². The first-order chi connectivity index (χ1) is 16.8. The number of carboxylic acids is 1. The van der Waals surface area contributed by atoms with E-state index in [1.807, 2.05) is 6.92 Å². The lowest BCUT2D eigenvalue weighted by atomic mass is 9.66. The second kappa shape index (κ2) is 10.2. The van der Waals surface area contributed by atoms with Crippen LogP contribution in [0.1, 0.15) is 32.6 Å². The summed E-state index contributed by atoms with van der Waals surface area (Å²) in [6, 6.07) is 6.42. The number of hydrogen-bond donors (Lipinski definition) is 2. The van der Waals surface area contributed by atoms with E-state index in [-0.39, 0.29) is 36.1 Å². The van der Waals surface area contributed by atoms with Gasteiger partial charge in [-0.25, -0.2) is 0 Å². The minimum absolute atomic E-state index is 0.0277. The van der Waals surface area contributed by atoms with Crippen LogP contribution in [-0.2, 0) is 14.4 Å². The fourth-order valence-electron chi connectivity index (χ4n) is 6.25. The minimum atomic E-state index is -0.957. The summed E-state index contributed by atoms with van der Waals surface area (Å²) in [6.07, 6.45) is 4.32. The third kappa shape index (κ3) is 4.12. The largest absolute Gasteiger partial charge is 0.497 e. The Morgan fingerprint density at radius 3 is 2.60 bits per heavy atom. The van der Waals surface area contributed by atoms with Crippen molar-refractivity contribution in [3.8, 4) is 5.75 Å². The molecule has 1 aromatic rings. The Morgan fingerprint density at radius 2 is 2.00 bits per heavy atom. The van der Waals surface area contributed by atoms with Crippen molar-refractivity contribution in [2.24, 2.45) is 17.8 Å². The van der Waals surface area contributed by atoms with E-state index >= 15 is 0 Å². The average Bonchev–Trinajstić information content (AvgIpc) is 3.44. The van der Waals surface area contributed by atoms with Crippen LogP contribution in [0.2, 0.25) is 0 Å². The highest BCUT2D eigenvalue weighted by molar-refractivity contribution is 8.02. The quantitative estimate of drug-likeness (QED) is 0.354. The molecule has 190 valence electrons. The Hall–Kier alpha value is -2.52. The first-order valence-electron chi connectivity index (χ1n) is 12.2. The van der Waals surface area contributed by atoms with Crippen LogP contribution in [0.15, 0.2) is 36.9 Å². The summed E-state index contributed by atoms with van der Waals surface area (Å²) in [5, 5.41) is 19.0.